The summed E-state index contributed by atoms with van der Waals surface area (Å²) >= 11 is 0. The van der Waals surface area contributed by atoms with Crippen LogP contribution in [-0.4, -0.2) is 30.3 Å². The molecular formula is C25H26N2O5. The van der Waals surface area contributed by atoms with Gasteiger partial charge in [0.05, 0.1) is 23.1 Å². The SMILES string of the molecule is Cc1cccc(NC(=O)COC(=O)c2cccc(N3C(=O)[C@H]4C[C@H](C)CC[C@H]4C3=O)c2)c1. The maximum absolute atomic E-state index is 12.9. The summed E-state index contributed by atoms with van der Waals surface area (Å²) < 4.78 is 5.13. The number of imide groups is 1. The summed E-state index contributed by atoms with van der Waals surface area (Å²) in [5.41, 5.74) is 2.15. The van der Waals surface area contributed by atoms with E-state index in [-0.39, 0.29) is 29.2 Å². The Hall–Kier alpha value is -3.48. The van der Waals surface area contributed by atoms with E-state index in [1.807, 2.05) is 25.1 Å². The monoisotopic (exact) mass is 434 g/mol. The summed E-state index contributed by atoms with van der Waals surface area (Å²) in [6.07, 6.45) is 2.36. The normalized spacial score (nSPS) is 22.4. The third-order valence-corrected chi connectivity index (χ3v) is 6.16. The Bertz CT molecular complexity index is 1080. The Morgan fingerprint density at radius 1 is 1.03 bits per heavy atom. The first-order valence-corrected chi connectivity index (χ1v) is 10.8. The topological polar surface area (TPSA) is 92.8 Å². The number of hydrogen-bond donors (Lipinski definition) is 1. The fourth-order valence-corrected chi connectivity index (χ4v) is 4.55. The molecule has 0 bridgehead atoms. The summed E-state index contributed by atoms with van der Waals surface area (Å²) in [5, 5.41) is 2.68. The molecule has 0 aromatic heterocycles. The number of nitrogens with zero attached hydrogens (tertiary/aromatic N) is 1. The lowest BCUT2D eigenvalue weighted by Crippen LogP contribution is -2.31. The van der Waals surface area contributed by atoms with Gasteiger partial charge in [-0.1, -0.05) is 25.1 Å². The molecule has 1 N–H and O–H groups in total. The number of ether oxygens (including phenoxy) is 1. The van der Waals surface area contributed by atoms with Gasteiger partial charge >= 0.3 is 5.97 Å². The summed E-state index contributed by atoms with van der Waals surface area (Å²) in [5.74, 6) is -1.70. The van der Waals surface area contributed by atoms with Crippen molar-refractivity contribution in [1.82, 2.24) is 0 Å². The number of benzene rings is 2. The van der Waals surface area contributed by atoms with Crippen LogP contribution in [0.15, 0.2) is 48.5 Å². The van der Waals surface area contributed by atoms with Crippen LogP contribution in [0.1, 0.15) is 42.1 Å². The lowest BCUT2D eigenvalue weighted by Gasteiger charge is -2.25. The molecule has 1 aliphatic carbocycles. The first kappa shape index (κ1) is 21.7. The van der Waals surface area contributed by atoms with Gasteiger partial charge < -0.3 is 10.1 Å². The van der Waals surface area contributed by atoms with Crippen LogP contribution >= 0.6 is 0 Å². The fourth-order valence-electron chi connectivity index (χ4n) is 4.55. The van der Waals surface area contributed by atoms with Crippen LogP contribution in [0.25, 0.3) is 0 Å². The van der Waals surface area contributed by atoms with E-state index in [2.05, 4.69) is 12.2 Å². The molecule has 4 rings (SSSR count). The molecule has 1 heterocycles. The van der Waals surface area contributed by atoms with Crippen LogP contribution in [0, 0.1) is 24.7 Å². The average Bonchev–Trinajstić information content (AvgIpc) is 3.01. The lowest BCUT2D eigenvalue weighted by molar-refractivity contribution is -0.122. The van der Waals surface area contributed by atoms with Crippen LogP contribution in [0.3, 0.4) is 0 Å². The summed E-state index contributed by atoms with van der Waals surface area (Å²) in [4.78, 5) is 51.6. The quantitative estimate of drug-likeness (QED) is 0.572. The average molecular weight is 434 g/mol. The van der Waals surface area contributed by atoms with E-state index >= 15 is 0 Å². The van der Waals surface area contributed by atoms with Crippen LogP contribution in [-0.2, 0) is 19.1 Å². The van der Waals surface area contributed by atoms with Gasteiger partial charge in [-0.25, -0.2) is 4.79 Å². The minimum atomic E-state index is -0.698. The molecule has 0 spiro atoms. The summed E-state index contributed by atoms with van der Waals surface area (Å²) in [6.45, 7) is 3.57. The molecule has 3 atom stereocenters. The van der Waals surface area contributed by atoms with E-state index in [4.69, 9.17) is 4.74 Å². The lowest BCUT2D eigenvalue weighted by atomic mass is 9.76. The van der Waals surface area contributed by atoms with E-state index in [1.165, 1.54) is 17.0 Å². The highest BCUT2D eigenvalue weighted by Gasteiger charge is 2.50. The molecule has 1 saturated carbocycles. The van der Waals surface area contributed by atoms with Crippen molar-refractivity contribution < 1.29 is 23.9 Å². The molecule has 2 aromatic carbocycles. The molecular weight excluding hydrogens is 408 g/mol. The molecule has 3 amide bonds. The zero-order valence-corrected chi connectivity index (χ0v) is 18.2. The molecule has 0 unspecified atom stereocenters. The van der Waals surface area contributed by atoms with Gasteiger partial charge in [0.15, 0.2) is 6.61 Å². The number of esters is 1. The van der Waals surface area contributed by atoms with Crippen molar-refractivity contribution >= 4 is 35.1 Å². The Morgan fingerprint density at radius 2 is 1.78 bits per heavy atom. The zero-order valence-electron chi connectivity index (χ0n) is 18.2. The molecule has 7 heteroatoms. The Balaban J connectivity index is 1.41. The third-order valence-electron chi connectivity index (χ3n) is 6.16. The second kappa shape index (κ2) is 8.94. The van der Waals surface area contributed by atoms with Crippen molar-refractivity contribution in [3.8, 4) is 0 Å². The molecule has 32 heavy (non-hydrogen) atoms. The number of aryl methyl sites for hydroxylation is 1. The maximum atomic E-state index is 12.9. The minimum absolute atomic E-state index is 0.176. The fraction of sp³-hybridized carbons (Fsp3) is 0.360. The largest absolute Gasteiger partial charge is 0.452 e. The van der Waals surface area contributed by atoms with Gasteiger partial charge in [0.1, 0.15) is 0 Å². The number of nitrogens with one attached hydrogen (secondary N) is 1. The second-order valence-corrected chi connectivity index (χ2v) is 8.69. The van der Waals surface area contributed by atoms with E-state index in [0.29, 0.717) is 30.1 Å². The molecule has 0 radical (unpaired) electrons. The number of hydrogen-bond acceptors (Lipinski definition) is 5. The van der Waals surface area contributed by atoms with Crippen molar-refractivity contribution in [3.63, 3.8) is 0 Å². The Morgan fingerprint density at radius 3 is 2.56 bits per heavy atom. The number of carbonyl (C=O) groups excluding carboxylic acids is 4. The predicted molar refractivity (Wildman–Crippen MR) is 119 cm³/mol. The first-order valence-electron chi connectivity index (χ1n) is 10.8. The summed E-state index contributed by atoms with van der Waals surface area (Å²) in [7, 11) is 0. The highest BCUT2D eigenvalue weighted by Crippen LogP contribution is 2.42. The predicted octanol–water partition coefficient (Wildman–Crippen LogP) is 3.72. The Labute approximate surface area is 186 Å². The molecule has 7 nitrogen and oxygen atoms in total. The number of fused-ring (bicyclic) bond motifs is 1. The van der Waals surface area contributed by atoms with Gasteiger partial charge in [0.2, 0.25) is 11.8 Å². The highest BCUT2D eigenvalue weighted by atomic mass is 16.5. The number of carbonyl (C=O) groups is 4. The van der Waals surface area contributed by atoms with Crippen molar-refractivity contribution in [2.75, 3.05) is 16.8 Å². The van der Waals surface area contributed by atoms with Crippen molar-refractivity contribution in [1.29, 1.82) is 0 Å². The van der Waals surface area contributed by atoms with E-state index < -0.39 is 18.5 Å². The molecule has 2 aromatic rings. The molecule has 166 valence electrons. The van der Waals surface area contributed by atoms with E-state index in [0.717, 1.165) is 12.0 Å². The molecule has 1 saturated heterocycles. The zero-order chi connectivity index (χ0) is 22.8. The van der Waals surface area contributed by atoms with Crippen LogP contribution in [0.2, 0.25) is 0 Å². The van der Waals surface area contributed by atoms with Crippen LogP contribution in [0.4, 0.5) is 11.4 Å². The van der Waals surface area contributed by atoms with Crippen molar-refractivity contribution in [2.24, 2.45) is 17.8 Å². The number of rotatable bonds is 5. The van der Waals surface area contributed by atoms with Gasteiger partial charge in [-0.3, -0.25) is 19.3 Å². The van der Waals surface area contributed by atoms with Crippen LogP contribution < -0.4 is 10.2 Å². The molecule has 2 aliphatic rings. The minimum Gasteiger partial charge on any atom is -0.452 e. The molecule has 1 aliphatic heterocycles. The van der Waals surface area contributed by atoms with Gasteiger partial charge in [0, 0.05) is 5.69 Å². The highest BCUT2D eigenvalue weighted by molar-refractivity contribution is 6.22. The standard InChI is InChI=1S/C25H26N2O5/c1-15-5-3-7-18(11-15)26-22(28)14-32-25(31)17-6-4-8-19(13-17)27-23(29)20-10-9-16(2)12-21(20)24(27)30/h3-8,11,13,16,20-21H,9-10,12,14H2,1-2H3,(H,26,28)/t16-,20-,21+/m1/s1. The van der Waals surface area contributed by atoms with Crippen molar-refractivity contribution in [2.45, 2.75) is 33.1 Å². The van der Waals surface area contributed by atoms with Gasteiger partial charge in [-0.15, -0.1) is 0 Å². The second-order valence-electron chi connectivity index (χ2n) is 8.69. The van der Waals surface area contributed by atoms with Crippen molar-refractivity contribution in [3.05, 3.63) is 59.7 Å². The maximum Gasteiger partial charge on any atom is 0.338 e. The van der Waals surface area contributed by atoms with Crippen LogP contribution in [0.5, 0.6) is 0 Å². The number of anilines is 2. The van der Waals surface area contributed by atoms with E-state index in [1.54, 1.807) is 18.2 Å². The third kappa shape index (κ3) is 4.42. The summed E-state index contributed by atoms with van der Waals surface area (Å²) in [6, 6.07) is 13.5. The Kier molecular flexibility index (Phi) is 6.08. The van der Waals surface area contributed by atoms with Gasteiger partial charge in [0.25, 0.3) is 5.91 Å². The first-order chi connectivity index (χ1) is 15.3. The van der Waals surface area contributed by atoms with Gasteiger partial charge in [-0.05, 0) is 68.0 Å². The smallest absolute Gasteiger partial charge is 0.338 e. The number of amides is 3. The van der Waals surface area contributed by atoms with E-state index in [9.17, 15) is 19.2 Å². The van der Waals surface area contributed by atoms with Gasteiger partial charge in [-0.2, -0.15) is 0 Å². The molecule has 2 fully saturated rings.